The lowest BCUT2D eigenvalue weighted by Gasteiger charge is -2.32. The summed E-state index contributed by atoms with van der Waals surface area (Å²) in [5.41, 5.74) is -0.160. The van der Waals surface area contributed by atoms with Gasteiger partial charge >= 0.3 is 0 Å². The second kappa shape index (κ2) is 5.39. The Hall–Kier alpha value is -1.45. The molecule has 1 fully saturated rings. The topological polar surface area (TPSA) is 61.2 Å². The van der Waals surface area contributed by atoms with E-state index >= 15 is 0 Å². The summed E-state index contributed by atoms with van der Waals surface area (Å²) in [6, 6.07) is 6.52. The molecule has 0 aromatic heterocycles. The minimum absolute atomic E-state index is 0.0806. The Balaban J connectivity index is 2.25. The predicted molar refractivity (Wildman–Crippen MR) is 78.3 cm³/mol. The molecule has 0 amide bonds. The van der Waals surface area contributed by atoms with Crippen LogP contribution in [0.4, 0.5) is 4.39 Å². The van der Waals surface area contributed by atoms with Gasteiger partial charge in [0.1, 0.15) is 11.4 Å². The Morgan fingerprint density at radius 3 is 2.57 bits per heavy atom. The lowest BCUT2D eigenvalue weighted by atomic mass is 9.99. The van der Waals surface area contributed by atoms with Crippen LogP contribution in [0.1, 0.15) is 30.9 Å². The third-order valence-electron chi connectivity index (χ3n) is 4.26. The standard InChI is InChI=1S/C15H19FN2O2S/c1-11-4-5-12(8-14(11)16)9-21(19,20)18(3)15(2,10-17)13-6-7-13/h4-5,8,13H,6-7,9H2,1-3H3/t15-/m1/s1. The van der Waals surface area contributed by atoms with Crippen molar-refractivity contribution >= 4 is 10.0 Å². The Morgan fingerprint density at radius 1 is 1.48 bits per heavy atom. The van der Waals surface area contributed by atoms with Gasteiger partial charge in [-0.25, -0.2) is 12.8 Å². The molecule has 0 radical (unpaired) electrons. The smallest absolute Gasteiger partial charge is 0.212 e. The molecule has 0 unspecified atom stereocenters. The highest BCUT2D eigenvalue weighted by atomic mass is 32.2. The second-order valence-electron chi connectivity index (χ2n) is 5.84. The van der Waals surface area contributed by atoms with E-state index in [2.05, 4.69) is 6.07 Å². The maximum absolute atomic E-state index is 13.5. The summed E-state index contributed by atoms with van der Waals surface area (Å²) in [4.78, 5) is 0. The van der Waals surface area contributed by atoms with Crippen LogP contribution in [0.15, 0.2) is 18.2 Å². The average Bonchev–Trinajstić information content (AvgIpc) is 3.25. The number of nitrogens with zero attached hydrogens (tertiary/aromatic N) is 2. The fraction of sp³-hybridized carbons (Fsp3) is 0.533. The molecule has 4 nitrogen and oxygen atoms in total. The Labute approximate surface area is 125 Å². The zero-order valence-electron chi connectivity index (χ0n) is 12.4. The molecule has 0 bridgehead atoms. The van der Waals surface area contributed by atoms with Crippen molar-refractivity contribution in [2.75, 3.05) is 7.05 Å². The lowest BCUT2D eigenvalue weighted by Crippen LogP contribution is -2.48. The average molecular weight is 310 g/mol. The molecule has 0 aliphatic heterocycles. The third-order valence-corrected chi connectivity index (χ3v) is 6.17. The van der Waals surface area contributed by atoms with E-state index in [4.69, 9.17) is 0 Å². The summed E-state index contributed by atoms with van der Waals surface area (Å²) < 4.78 is 39.7. The number of nitriles is 1. The van der Waals surface area contributed by atoms with Crippen molar-refractivity contribution in [2.24, 2.45) is 5.92 Å². The first-order chi connectivity index (χ1) is 9.70. The van der Waals surface area contributed by atoms with Crippen LogP contribution < -0.4 is 0 Å². The molecule has 0 saturated heterocycles. The van der Waals surface area contributed by atoms with Crippen molar-refractivity contribution in [3.63, 3.8) is 0 Å². The fourth-order valence-electron chi connectivity index (χ4n) is 2.39. The monoisotopic (exact) mass is 310 g/mol. The molecule has 1 aliphatic rings. The molecule has 2 rings (SSSR count). The first kappa shape index (κ1) is 15.9. The quantitative estimate of drug-likeness (QED) is 0.840. The van der Waals surface area contributed by atoms with E-state index in [9.17, 15) is 18.1 Å². The summed E-state index contributed by atoms with van der Waals surface area (Å²) >= 11 is 0. The maximum Gasteiger partial charge on any atom is 0.219 e. The lowest BCUT2D eigenvalue weighted by molar-refractivity contribution is 0.276. The van der Waals surface area contributed by atoms with Gasteiger partial charge in [-0.1, -0.05) is 12.1 Å². The normalized spacial score (nSPS) is 18.3. The van der Waals surface area contributed by atoms with Gasteiger partial charge < -0.3 is 0 Å². The minimum atomic E-state index is -3.67. The van der Waals surface area contributed by atoms with E-state index < -0.39 is 21.4 Å². The number of aryl methyl sites for hydroxylation is 1. The number of hydrogen-bond donors (Lipinski definition) is 0. The number of hydrogen-bond acceptors (Lipinski definition) is 3. The van der Waals surface area contributed by atoms with Crippen molar-refractivity contribution in [1.29, 1.82) is 5.26 Å². The molecule has 1 saturated carbocycles. The SMILES string of the molecule is Cc1ccc(CS(=O)(=O)N(C)[C@](C)(C#N)C2CC2)cc1F. The van der Waals surface area contributed by atoms with Crippen molar-refractivity contribution in [3.05, 3.63) is 35.1 Å². The molecule has 0 spiro atoms. The van der Waals surface area contributed by atoms with E-state index in [0.717, 1.165) is 17.1 Å². The van der Waals surface area contributed by atoms with Crippen LogP contribution >= 0.6 is 0 Å². The van der Waals surface area contributed by atoms with Gasteiger partial charge in [0.05, 0.1) is 11.8 Å². The molecule has 21 heavy (non-hydrogen) atoms. The van der Waals surface area contributed by atoms with Crippen LogP contribution in [-0.2, 0) is 15.8 Å². The number of sulfonamides is 1. The van der Waals surface area contributed by atoms with Crippen LogP contribution in [0.5, 0.6) is 0 Å². The van der Waals surface area contributed by atoms with Crippen molar-refractivity contribution in [1.82, 2.24) is 4.31 Å². The van der Waals surface area contributed by atoms with Gasteiger partial charge in [0.15, 0.2) is 0 Å². The van der Waals surface area contributed by atoms with Gasteiger partial charge in [0.2, 0.25) is 10.0 Å². The van der Waals surface area contributed by atoms with Crippen LogP contribution in [0.3, 0.4) is 0 Å². The molecule has 1 atom stereocenters. The molecule has 1 aromatic carbocycles. The van der Waals surface area contributed by atoms with Crippen LogP contribution in [0.2, 0.25) is 0 Å². The van der Waals surface area contributed by atoms with Crippen LogP contribution in [-0.4, -0.2) is 25.3 Å². The molecule has 6 heteroatoms. The van der Waals surface area contributed by atoms with E-state index in [1.54, 1.807) is 26.0 Å². The van der Waals surface area contributed by atoms with Crippen LogP contribution in [0.25, 0.3) is 0 Å². The summed E-state index contributed by atoms with van der Waals surface area (Å²) in [5, 5.41) is 9.36. The van der Waals surface area contributed by atoms with Gasteiger partial charge in [0.25, 0.3) is 0 Å². The van der Waals surface area contributed by atoms with Crippen molar-refractivity contribution in [2.45, 2.75) is 38.0 Å². The summed E-state index contributed by atoms with van der Waals surface area (Å²) in [5.74, 6) is -0.641. The maximum atomic E-state index is 13.5. The highest BCUT2D eigenvalue weighted by molar-refractivity contribution is 7.88. The fourth-order valence-corrected chi connectivity index (χ4v) is 3.95. The van der Waals surface area contributed by atoms with E-state index in [1.165, 1.54) is 13.1 Å². The predicted octanol–water partition coefficient (Wildman–Crippen LogP) is 2.59. The molecular weight excluding hydrogens is 291 g/mol. The van der Waals surface area contributed by atoms with E-state index in [0.29, 0.717) is 11.1 Å². The summed E-state index contributed by atoms with van der Waals surface area (Å²) in [6.07, 6.45) is 1.73. The number of rotatable bonds is 5. The largest absolute Gasteiger partial charge is 0.219 e. The zero-order valence-corrected chi connectivity index (χ0v) is 13.2. The Kier molecular flexibility index (Phi) is 4.09. The van der Waals surface area contributed by atoms with Gasteiger partial charge in [-0.3, -0.25) is 0 Å². The van der Waals surface area contributed by atoms with Gasteiger partial charge in [-0.05, 0) is 49.8 Å². The van der Waals surface area contributed by atoms with Gasteiger partial charge in [-0.2, -0.15) is 9.57 Å². The zero-order chi connectivity index (χ0) is 15.8. The van der Waals surface area contributed by atoms with Crippen molar-refractivity contribution in [3.8, 4) is 6.07 Å². The molecule has 114 valence electrons. The summed E-state index contributed by atoms with van der Waals surface area (Å²) in [6.45, 7) is 3.28. The second-order valence-corrected chi connectivity index (χ2v) is 7.84. The van der Waals surface area contributed by atoms with E-state index in [1.807, 2.05) is 0 Å². The Bertz CT molecular complexity index is 692. The number of halogens is 1. The highest BCUT2D eigenvalue weighted by Crippen LogP contribution is 2.43. The third kappa shape index (κ3) is 3.09. The molecule has 1 aromatic rings. The molecular formula is C15H19FN2O2S. The molecule has 0 heterocycles. The minimum Gasteiger partial charge on any atom is -0.212 e. The highest BCUT2D eigenvalue weighted by Gasteiger charge is 2.48. The molecule has 0 N–H and O–H groups in total. The number of benzene rings is 1. The van der Waals surface area contributed by atoms with Crippen molar-refractivity contribution < 1.29 is 12.8 Å². The van der Waals surface area contributed by atoms with Crippen LogP contribution in [0, 0.1) is 30.0 Å². The molecule has 1 aliphatic carbocycles. The Morgan fingerprint density at radius 2 is 2.10 bits per heavy atom. The van der Waals surface area contributed by atoms with E-state index in [-0.39, 0.29) is 11.7 Å². The first-order valence-electron chi connectivity index (χ1n) is 6.83. The first-order valence-corrected chi connectivity index (χ1v) is 8.44. The van der Waals surface area contributed by atoms with Gasteiger partial charge in [0, 0.05) is 7.05 Å². The summed E-state index contributed by atoms with van der Waals surface area (Å²) in [7, 11) is -2.24. The van der Waals surface area contributed by atoms with Gasteiger partial charge in [-0.15, -0.1) is 0 Å².